The molecule has 4 aromatic heterocycles. The monoisotopic (exact) mass is 886 g/mol. The van der Waals surface area contributed by atoms with Crippen LogP contribution in [0.4, 0.5) is 16.3 Å². The molecule has 332 valence electrons. The summed E-state index contributed by atoms with van der Waals surface area (Å²) in [6.45, 7) is 11.1. The molecule has 1 saturated heterocycles. The Balaban J connectivity index is 1.26. The van der Waals surface area contributed by atoms with Gasteiger partial charge in [-0.2, -0.15) is 5.10 Å². The van der Waals surface area contributed by atoms with E-state index in [1.54, 1.807) is 28.2 Å². The van der Waals surface area contributed by atoms with Crippen molar-refractivity contribution in [2.45, 2.75) is 60.2 Å². The average molecular weight is 887 g/mol. The Morgan fingerprint density at radius 2 is 1.46 bits per heavy atom. The van der Waals surface area contributed by atoms with Crippen LogP contribution in [-0.4, -0.2) is 119 Å². The van der Waals surface area contributed by atoms with Crippen LogP contribution in [0.2, 0.25) is 0 Å². The van der Waals surface area contributed by atoms with Crippen molar-refractivity contribution in [1.29, 1.82) is 0 Å². The molecule has 6 aromatic rings. The minimum Gasteiger partial charge on any atom is -0.494 e. The number of anilines is 2. The molecule has 0 spiro atoms. The lowest BCUT2D eigenvalue weighted by Crippen LogP contribution is -2.37. The van der Waals surface area contributed by atoms with E-state index >= 15 is 4.39 Å². The summed E-state index contributed by atoms with van der Waals surface area (Å²) in [7, 11) is 1.40. The van der Waals surface area contributed by atoms with Gasteiger partial charge in [-0.05, 0) is 57.9 Å². The number of nitrogens with zero attached hydrogens (tertiary/aromatic N) is 8. The topological polar surface area (TPSA) is 230 Å². The number of aromatic carboxylic acids is 2. The number of fused-ring (bicyclic) bond motifs is 2. The lowest BCUT2D eigenvalue weighted by Gasteiger charge is -2.26. The van der Waals surface area contributed by atoms with Gasteiger partial charge in [0.15, 0.2) is 11.5 Å². The highest BCUT2D eigenvalue weighted by Gasteiger charge is 2.26. The summed E-state index contributed by atoms with van der Waals surface area (Å²) in [4.78, 5) is 68.2. The van der Waals surface area contributed by atoms with E-state index in [-0.39, 0.29) is 83.2 Å². The molecule has 2 amide bonds. The van der Waals surface area contributed by atoms with Gasteiger partial charge in [0, 0.05) is 39.3 Å². The lowest BCUT2D eigenvalue weighted by molar-refractivity contribution is 0.0358. The summed E-state index contributed by atoms with van der Waals surface area (Å²) in [5.41, 5.74) is 1.49. The average Bonchev–Trinajstić information content (AvgIpc) is 4.01. The zero-order valence-corrected chi connectivity index (χ0v) is 36.2. The highest BCUT2D eigenvalue weighted by Crippen LogP contribution is 2.34. The van der Waals surface area contributed by atoms with E-state index in [9.17, 15) is 29.4 Å². The number of methoxy groups -OCH3 is 1. The van der Waals surface area contributed by atoms with Gasteiger partial charge in [-0.25, -0.2) is 28.9 Å². The minimum absolute atomic E-state index is 0.0169. The number of nitrogens with one attached hydrogen (secondary N) is 2. The summed E-state index contributed by atoms with van der Waals surface area (Å²) < 4.78 is 37.2. The molecule has 0 unspecified atom stereocenters. The first-order chi connectivity index (χ1) is 30.3. The van der Waals surface area contributed by atoms with E-state index in [4.69, 9.17) is 14.2 Å². The second-order valence-corrected chi connectivity index (χ2v) is 15.8. The first kappa shape index (κ1) is 44.3. The number of hydrogen-bond donors (Lipinski definition) is 4. The fourth-order valence-electron chi connectivity index (χ4n) is 7.39. The maximum absolute atomic E-state index is 15.3. The number of ether oxygens (including phenoxy) is 3. The molecule has 19 nitrogen and oxygen atoms in total. The van der Waals surface area contributed by atoms with Crippen molar-refractivity contribution in [3.63, 3.8) is 0 Å². The first-order valence-corrected chi connectivity index (χ1v) is 21.1. The second kappa shape index (κ2) is 19.1. The highest BCUT2D eigenvalue weighted by atomic mass is 32.1. The van der Waals surface area contributed by atoms with Crippen molar-refractivity contribution in [2.75, 3.05) is 57.2 Å². The third kappa shape index (κ3) is 9.39. The third-order valence-electron chi connectivity index (χ3n) is 10.4. The number of carbonyl (C=O) groups is 4. The molecule has 1 aliphatic heterocycles. The molecule has 1 fully saturated rings. The Morgan fingerprint density at radius 3 is 2.03 bits per heavy atom. The van der Waals surface area contributed by atoms with Gasteiger partial charge in [0.1, 0.15) is 27.4 Å². The van der Waals surface area contributed by atoms with Crippen molar-refractivity contribution >= 4 is 69.1 Å². The number of thiazole rings is 1. The predicted molar refractivity (Wildman–Crippen MR) is 231 cm³/mol. The van der Waals surface area contributed by atoms with Crippen LogP contribution in [0.5, 0.6) is 11.5 Å². The van der Waals surface area contributed by atoms with Crippen molar-refractivity contribution < 1.29 is 48.0 Å². The Hall–Kier alpha value is -6.71. The molecule has 4 N–H and O–H groups in total. The zero-order chi connectivity index (χ0) is 44.9. The van der Waals surface area contributed by atoms with Gasteiger partial charge < -0.3 is 33.6 Å². The van der Waals surface area contributed by atoms with Gasteiger partial charge in [-0.1, -0.05) is 19.1 Å². The smallest absolute Gasteiger partial charge is 0.335 e. The second-order valence-electron chi connectivity index (χ2n) is 14.6. The SMILES string of the molecule is CCc1nc(C)sc1C(=O)Nc1nc2cc(C(=O)O)cc(OC)c2n1C/C=C/Cn1c(NC(=O)c2c(F)c(C)nn2CC)nc2cc(C(=O)O)cc(OCCCN3CCOCC3)c21. The number of halogens is 1. The molecule has 7 rings (SSSR count). The standard InChI is InChI=1S/C42H47FN10O9S/c1-6-27-36(63-24(4)44-27)38(55)48-42-45-28-19-25(39(56)57)21-30(60-5)33(28)51(42)12-8-9-13-52-34-29(46-41(52)47-37(54)35-32(43)23(3)49-53(35)7-2)20-26(40(58)59)22-31(34)62-16-10-11-50-14-17-61-18-15-50/h8-9,19-22H,6-7,10-18H2,1-5H3,(H,56,57)(H,58,59)(H,45,48,55)(H,46,47,54)/b9-8+. The molecule has 2 aromatic carbocycles. The fourth-order valence-corrected chi connectivity index (χ4v) is 8.29. The molecule has 63 heavy (non-hydrogen) atoms. The molecule has 5 heterocycles. The van der Waals surface area contributed by atoms with Crippen molar-refractivity contribution in [2.24, 2.45) is 0 Å². The third-order valence-corrected chi connectivity index (χ3v) is 11.4. The van der Waals surface area contributed by atoms with E-state index in [0.717, 1.165) is 24.6 Å². The quantitative estimate of drug-likeness (QED) is 0.0605. The van der Waals surface area contributed by atoms with Crippen LogP contribution in [0, 0.1) is 19.7 Å². The van der Waals surface area contributed by atoms with Crippen LogP contribution in [0.15, 0.2) is 36.4 Å². The van der Waals surface area contributed by atoms with Crippen LogP contribution in [-0.2, 0) is 30.8 Å². The number of carboxylic acids is 2. The normalized spacial score (nSPS) is 13.3. The van der Waals surface area contributed by atoms with Crippen LogP contribution in [0.25, 0.3) is 22.1 Å². The molecule has 0 bridgehead atoms. The Morgan fingerprint density at radius 1 is 0.873 bits per heavy atom. The van der Waals surface area contributed by atoms with Crippen LogP contribution >= 0.6 is 11.3 Å². The first-order valence-electron chi connectivity index (χ1n) is 20.3. The number of carboxylic acid groups (broad SMARTS) is 2. The Bertz CT molecular complexity index is 2750. The van der Waals surface area contributed by atoms with Gasteiger partial charge in [0.05, 0.1) is 65.5 Å². The molecule has 1 aliphatic rings. The van der Waals surface area contributed by atoms with Crippen molar-refractivity contribution in [3.05, 3.63) is 80.3 Å². The van der Waals surface area contributed by atoms with E-state index in [0.29, 0.717) is 47.7 Å². The maximum atomic E-state index is 15.3. The molecule has 0 saturated carbocycles. The van der Waals surface area contributed by atoms with Crippen LogP contribution in [0.3, 0.4) is 0 Å². The van der Waals surface area contributed by atoms with Crippen molar-refractivity contribution in [1.82, 2.24) is 38.8 Å². The lowest BCUT2D eigenvalue weighted by atomic mass is 10.2. The fraction of sp³-hybridized carbons (Fsp3) is 0.381. The largest absolute Gasteiger partial charge is 0.494 e. The summed E-state index contributed by atoms with van der Waals surface area (Å²) in [6.07, 6.45) is 4.68. The minimum atomic E-state index is -1.21. The summed E-state index contributed by atoms with van der Waals surface area (Å²) >= 11 is 1.25. The molecular weight excluding hydrogens is 840 g/mol. The number of aryl methyl sites for hydroxylation is 4. The van der Waals surface area contributed by atoms with Gasteiger partial charge in [-0.15, -0.1) is 11.3 Å². The molecular formula is C42H47FN10O9S. The number of allylic oxidation sites excluding steroid dienone is 2. The number of benzene rings is 2. The predicted octanol–water partition coefficient (Wildman–Crippen LogP) is 5.64. The summed E-state index contributed by atoms with van der Waals surface area (Å²) in [5.74, 6) is -3.92. The van der Waals surface area contributed by atoms with E-state index in [2.05, 4.69) is 35.6 Å². The number of imidazole rings is 2. The van der Waals surface area contributed by atoms with E-state index < -0.39 is 29.6 Å². The molecule has 0 aliphatic carbocycles. The van der Waals surface area contributed by atoms with Gasteiger partial charge in [0.25, 0.3) is 11.8 Å². The summed E-state index contributed by atoms with van der Waals surface area (Å²) in [5, 5.41) is 30.3. The number of morpholine rings is 1. The number of hydrogen-bond acceptors (Lipinski definition) is 13. The highest BCUT2D eigenvalue weighted by molar-refractivity contribution is 7.13. The number of amides is 2. The maximum Gasteiger partial charge on any atom is 0.335 e. The van der Waals surface area contributed by atoms with Gasteiger partial charge in [-0.3, -0.25) is 29.8 Å². The van der Waals surface area contributed by atoms with Gasteiger partial charge >= 0.3 is 11.9 Å². The molecule has 0 radical (unpaired) electrons. The summed E-state index contributed by atoms with van der Waals surface area (Å²) in [6, 6.07) is 5.53. The van der Waals surface area contributed by atoms with Crippen molar-refractivity contribution in [3.8, 4) is 11.5 Å². The molecule has 21 heteroatoms. The van der Waals surface area contributed by atoms with E-state index in [1.165, 1.54) is 54.3 Å². The number of carbonyl (C=O) groups excluding carboxylic acids is 2. The van der Waals surface area contributed by atoms with Crippen LogP contribution < -0.4 is 20.1 Å². The number of aromatic nitrogens is 7. The van der Waals surface area contributed by atoms with E-state index in [1.807, 2.05) is 13.8 Å². The zero-order valence-electron chi connectivity index (χ0n) is 35.4. The Kier molecular flexibility index (Phi) is 13.5. The number of rotatable bonds is 18. The van der Waals surface area contributed by atoms with Crippen LogP contribution in [0.1, 0.15) is 77.5 Å². The molecule has 0 atom stereocenters. The van der Waals surface area contributed by atoms with Gasteiger partial charge in [0.2, 0.25) is 11.9 Å². The Labute approximate surface area is 364 Å².